The maximum Gasteiger partial charge on any atom is 0.250 e. The molecule has 0 saturated carbocycles. The number of hydrogen-bond acceptors (Lipinski definition) is 5. The minimum absolute atomic E-state index is 0.0306. The average Bonchev–Trinajstić information content (AvgIpc) is 2.37. The van der Waals surface area contributed by atoms with Crippen LogP contribution in [0.5, 0.6) is 5.75 Å². The summed E-state index contributed by atoms with van der Waals surface area (Å²) in [4.78, 5) is 17.0. The maximum atomic E-state index is 11.9. The van der Waals surface area contributed by atoms with E-state index < -0.39 is 12.2 Å². The Kier molecular flexibility index (Phi) is 4.26. The van der Waals surface area contributed by atoms with Crippen LogP contribution in [0.1, 0.15) is 5.56 Å². The Morgan fingerprint density at radius 2 is 2.16 bits per heavy atom. The van der Waals surface area contributed by atoms with Crippen LogP contribution in [-0.4, -0.2) is 51.6 Å². The van der Waals surface area contributed by atoms with Crippen molar-refractivity contribution in [3.8, 4) is 5.75 Å². The SMILES string of the molecule is O=C(Cc1ccc(O)c(Cl)c1)N1C[C@H](O)[C@H](O)CO1. The first-order valence-electron chi connectivity index (χ1n) is 5.74. The van der Waals surface area contributed by atoms with Gasteiger partial charge in [-0.3, -0.25) is 9.63 Å². The largest absolute Gasteiger partial charge is 0.506 e. The Bertz CT molecular complexity index is 481. The van der Waals surface area contributed by atoms with Gasteiger partial charge in [-0.05, 0) is 17.7 Å². The van der Waals surface area contributed by atoms with Crippen LogP contribution in [-0.2, 0) is 16.1 Å². The molecule has 2 rings (SSSR count). The lowest BCUT2D eigenvalue weighted by molar-refractivity contribution is -0.236. The number of phenols is 1. The molecule has 1 amide bonds. The molecule has 0 bridgehead atoms. The van der Waals surface area contributed by atoms with Gasteiger partial charge in [0.2, 0.25) is 0 Å². The van der Waals surface area contributed by atoms with Gasteiger partial charge in [-0.15, -0.1) is 0 Å². The predicted molar refractivity (Wildman–Crippen MR) is 66.5 cm³/mol. The van der Waals surface area contributed by atoms with Gasteiger partial charge in [0.1, 0.15) is 24.6 Å². The normalized spacial score (nSPS) is 23.4. The van der Waals surface area contributed by atoms with Gasteiger partial charge >= 0.3 is 0 Å². The molecule has 1 aliphatic rings. The van der Waals surface area contributed by atoms with E-state index in [-0.39, 0.29) is 36.3 Å². The predicted octanol–water partition coefficient (Wildman–Crippen LogP) is 0.0837. The number of halogens is 1. The number of hydroxylamine groups is 2. The number of phenolic OH excluding ortho intramolecular Hbond substituents is 1. The monoisotopic (exact) mass is 287 g/mol. The molecular weight excluding hydrogens is 274 g/mol. The fourth-order valence-corrected chi connectivity index (χ4v) is 1.92. The van der Waals surface area contributed by atoms with Crippen molar-refractivity contribution in [1.82, 2.24) is 5.06 Å². The van der Waals surface area contributed by atoms with Crippen molar-refractivity contribution in [2.45, 2.75) is 18.6 Å². The number of carbonyl (C=O) groups excluding carboxylic acids is 1. The fraction of sp³-hybridized carbons (Fsp3) is 0.417. The lowest BCUT2D eigenvalue weighted by Crippen LogP contribution is -2.50. The van der Waals surface area contributed by atoms with Crippen molar-refractivity contribution in [2.75, 3.05) is 13.2 Å². The Labute approximate surface area is 114 Å². The molecule has 1 aliphatic heterocycles. The van der Waals surface area contributed by atoms with Crippen LogP contribution in [0.2, 0.25) is 5.02 Å². The molecule has 7 heteroatoms. The van der Waals surface area contributed by atoms with E-state index in [1.165, 1.54) is 12.1 Å². The second-order valence-electron chi connectivity index (χ2n) is 4.35. The minimum Gasteiger partial charge on any atom is -0.506 e. The highest BCUT2D eigenvalue weighted by Crippen LogP contribution is 2.24. The Morgan fingerprint density at radius 1 is 1.42 bits per heavy atom. The number of aliphatic hydroxyl groups excluding tert-OH is 2. The summed E-state index contributed by atoms with van der Waals surface area (Å²) < 4.78 is 0. The van der Waals surface area contributed by atoms with Crippen molar-refractivity contribution in [3.05, 3.63) is 28.8 Å². The first kappa shape index (κ1) is 14.1. The number of hydrogen-bond donors (Lipinski definition) is 3. The lowest BCUT2D eigenvalue weighted by Gasteiger charge is -2.32. The number of nitrogens with zero attached hydrogens (tertiary/aromatic N) is 1. The summed E-state index contributed by atoms with van der Waals surface area (Å²) >= 11 is 5.75. The molecule has 0 radical (unpaired) electrons. The number of carbonyl (C=O) groups is 1. The van der Waals surface area contributed by atoms with Crippen LogP contribution < -0.4 is 0 Å². The van der Waals surface area contributed by atoms with Crippen LogP contribution >= 0.6 is 11.6 Å². The van der Waals surface area contributed by atoms with E-state index in [1.807, 2.05) is 0 Å². The smallest absolute Gasteiger partial charge is 0.250 e. The standard InChI is InChI=1S/C12H14ClNO5/c13-8-3-7(1-2-9(8)15)4-12(18)14-5-10(16)11(17)6-19-14/h1-3,10-11,15-17H,4-6H2/t10-,11+/m0/s1. The summed E-state index contributed by atoms with van der Waals surface area (Å²) in [5.74, 6) is -0.404. The van der Waals surface area contributed by atoms with Crippen LogP contribution in [0.15, 0.2) is 18.2 Å². The Hall–Kier alpha value is -1.34. The molecule has 1 saturated heterocycles. The minimum atomic E-state index is -1.01. The van der Waals surface area contributed by atoms with E-state index in [4.69, 9.17) is 16.4 Å². The Balaban J connectivity index is 1.99. The van der Waals surface area contributed by atoms with Gasteiger partial charge in [0.25, 0.3) is 5.91 Å². The van der Waals surface area contributed by atoms with Crippen molar-refractivity contribution < 1.29 is 25.0 Å². The van der Waals surface area contributed by atoms with Crippen LogP contribution in [0.4, 0.5) is 0 Å². The summed E-state index contributed by atoms with van der Waals surface area (Å²) in [5.41, 5.74) is 0.622. The second kappa shape index (κ2) is 5.75. The number of aromatic hydroxyl groups is 1. The highest BCUT2D eigenvalue weighted by atomic mass is 35.5. The van der Waals surface area contributed by atoms with Gasteiger partial charge in [0.15, 0.2) is 0 Å². The van der Waals surface area contributed by atoms with Gasteiger partial charge < -0.3 is 15.3 Å². The molecule has 3 N–H and O–H groups in total. The zero-order valence-electron chi connectivity index (χ0n) is 9.99. The number of rotatable bonds is 2. The van der Waals surface area contributed by atoms with Gasteiger partial charge in [0, 0.05) is 0 Å². The third kappa shape index (κ3) is 3.36. The second-order valence-corrected chi connectivity index (χ2v) is 4.76. The Morgan fingerprint density at radius 3 is 2.79 bits per heavy atom. The van der Waals surface area contributed by atoms with E-state index in [1.54, 1.807) is 6.07 Å². The van der Waals surface area contributed by atoms with Crippen molar-refractivity contribution >= 4 is 17.5 Å². The van der Waals surface area contributed by atoms with E-state index in [9.17, 15) is 20.1 Å². The molecule has 6 nitrogen and oxygen atoms in total. The molecule has 104 valence electrons. The molecule has 1 heterocycles. The first-order chi connectivity index (χ1) is 8.97. The van der Waals surface area contributed by atoms with E-state index in [0.29, 0.717) is 5.56 Å². The van der Waals surface area contributed by atoms with Crippen LogP contribution in [0.3, 0.4) is 0 Å². The van der Waals surface area contributed by atoms with E-state index in [2.05, 4.69) is 0 Å². The summed E-state index contributed by atoms with van der Waals surface area (Å²) in [6.07, 6.45) is -1.96. The van der Waals surface area contributed by atoms with Crippen LogP contribution in [0, 0.1) is 0 Å². The third-order valence-electron chi connectivity index (χ3n) is 2.84. The quantitative estimate of drug-likeness (QED) is 0.717. The molecule has 19 heavy (non-hydrogen) atoms. The van der Waals surface area contributed by atoms with Gasteiger partial charge in [-0.1, -0.05) is 17.7 Å². The molecular formula is C12H14ClNO5. The van der Waals surface area contributed by atoms with Gasteiger partial charge in [0.05, 0.1) is 18.0 Å². The zero-order valence-corrected chi connectivity index (χ0v) is 10.7. The van der Waals surface area contributed by atoms with Gasteiger partial charge in [-0.2, -0.15) is 0 Å². The third-order valence-corrected chi connectivity index (χ3v) is 3.15. The summed E-state index contributed by atoms with van der Waals surface area (Å²) in [6, 6.07) is 4.47. The van der Waals surface area contributed by atoms with Crippen LogP contribution in [0.25, 0.3) is 0 Å². The lowest BCUT2D eigenvalue weighted by atomic mass is 10.1. The molecule has 0 spiro atoms. The van der Waals surface area contributed by atoms with Crippen molar-refractivity contribution in [2.24, 2.45) is 0 Å². The topological polar surface area (TPSA) is 90.2 Å². The van der Waals surface area contributed by atoms with E-state index >= 15 is 0 Å². The summed E-state index contributed by atoms with van der Waals surface area (Å²) in [6.45, 7) is -0.199. The molecule has 2 atom stereocenters. The molecule has 1 fully saturated rings. The molecule has 1 aromatic rings. The number of benzene rings is 1. The van der Waals surface area contributed by atoms with Crippen molar-refractivity contribution in [1.29, 1.82) is 0 Å². The number of β-amino-alcohol motifs (C(OH)–C–C–N with tert-alkyl or cyclic N) is 1. The molecule has 0 aliphatic carbocycles. The first-order valence-corrected chi connectivity index (χ1v) is 6.12. The highest BCUT2D eigenvalue weighted by Gasteiger charge is 2.29. The van der Waals surface area contributed by atoms with E-state index in [0.717, 1.165) is 5.06 Å². The summed E-state index contributed by atoms with van der Waals surface area (Å²) in [5, 5.41) is 29.2. The highest BCUT2D eigenvalue weighted by molar-refractivity contribution is 6.32. The summed E-state index contributed by atoms with van der Waals surface area (Å²) in [7, 11) is 0. The maximum absolute atomic E-state index is 11.9. The van der Waals surface area contributed by atoms with Gasteiger partial charge in [-0.25, -0.2) is 5.06 Å². The number of aliphatic hydroxyl groups is 2. The fourth-order valence-electron chi connectivity index (χ4n) is 1.72. The molecule has 1 aromatic carbocycles. The van der Waals surface area contributed by atoms with Crippen molar-refractivity contribution in [3.63, 3.8) is 0 Å². The molecule has 0 unspecified atom stereocenters. The number of amides is 1. The average molecular weight is 288 g/mol. The zero-order chi connectivity index (χ0) is 14.0. The molecule has 0 aromatic heterocycles.